The van der Waals surface area contributed by atoms with Gasteiger partial charge in [-0.3, -0.25) is 4.90 Å². The minimum Gasteiger partial charge on any atom is -0.329 e. The van der Waals surface area contributed by atoms with E-state index in [9.17, 15) is 8.78 Å². The SMILES string of the molecule is CC1CCCN1C(CN)c1ccc(C(F)F)cc1. The van der Waals surface area contributed by atoms with Crippen molar-refractivity contribution < 1.29 is 8.78 Å². The van der Waals surface area contributed by atoms with Crippen LogP contribution in [0.4, 0.5) is 8.78 Å². The zero-order chi connectivity index (χ0) is 13.1. The van der Waals surface area contributed by atoms with Crippen LogP contribution in [0, 0.1) is 0 Å². The molecule has 1 aromatic rings. The Morgan fingerprint density at radius 2 is 1.89 bits per heavy atom. The van der Waals surface area contributed by atoms with Gasteiger partial charge in [0.1, 0.15) is 0 Å². The molecule has 100 valence electrons. The fourth-order valence-electron chi connectivity index (χ4n) is 2.75. The van der Waals surface area contributed by atoms with Crippen molar-refractivity contribution in [1.82, 2.24) is 4.90 Å². The molecule has 2 nitrogen and oxygen atoms in total. The van der Waals surface area contributed by atoms with E-state index in [1.807, 2.05) is 0 Å². The highest BCUT2D eigenvalue weighted by atomic mass is 19.3. The Balaban J connectivity index is 2.17. The highest BCUT2D eigenvalue weighted by molar-refractivity contribution is 5.26. The summed E-state index contributed by atoms with van der Waals surface area (Å²) in [6.07, 6.45) is -0.0284. The molecule has 2 N–H and O–H groups in total. The smallest absolute Gasteiger partial charge is 0.263 e. The lowest BCUT2D eigenvalue weighted by Gasteiger charge is -2.31. The van der Waals surface area contributed by atoms with E-state index in [0.29, 0.717) is 12.6 Å². The molecule has 2 rings (SSSR count). The molecule has 2 unspecified atom stereocenters. The van der Waals surface area contributed by atoms with Crippen LogP contribution < -0.4 is 5.73 Å². The second-order valence-electron chi connectivity index (χ2n) is 4.95. The van der Waals surface area contributed by atoms with Gasteiger partial charge in [0, 0.05) is 24.2 Å². The number of nitrogens with two attached hydrogens (primary N) is 1. The van der Waals surface area contributed by atoms with Crippen LogP contribution in [-0.4, -0.2) is 24.0 Å². The predicted octanol–water partition coefficient (Wildman–Crippen LogP) is 3.11. The molecule has 0 spiro atoms. The van der Waals surface area contributed by atoms with Gasteiger partial charge in [-0.25, -0.2) is 8.78 Å². The Bertz CT molecular complexity index is 378. The molecule has 0 radical (unpaired) electrons. The first-order valence-corrected chi connectivity index (χ1v) is 6.47. The Morgan fingerprint density at radius 3 is 2.33 bits per heavy atom. The van der Waals surface area contributed by atoms with Crippen molar-refractivity contribution in [2.45, 2.75) is 38.3 Å². The molecule has 0 amide bonds. The molecular formula is C14H20F2N2. The van der Waals surface area contributed by atoms with Crippen molar-refractivity contribution in [2.75, 3.05) is 13.1 Å². The number of alkyl halides is 2. The van der Waals surface area contributed by atoms with Crippen LogP contribution in [0.25, 0.3) is 0 Å². The van der Waals surface area contributed by atoms with Gasteiger partial charge < -0.3 is 5.73 Å². The lowest BCUT2D eigenvalue weighted by Crippen LogP contribution is -2.35. The second kappa shape index (κ2) is 5.76. The lowest BCUT2D eigenvalue weighted by molar-refractivity contribution is 0.151. The maximum Gasteiger partial charge on any atom is 0.263 e. The molecule has 4 heteroatoms. The van der Waals surface area contributed by atoms with Crippen LogP contribution in [0.3, 0.4) is 0 Å². The van der Waals surface area contributed by atoms with E-state index < -0.39 is 6.43 Å². The van der Waals surface area contributed by atoms with Crippen molar-refractivity contribution in [1.29, 1.82) is 0 Å². The van der Waals surface area contributed by atoms with Crippen LogP contribution in [0.1, 0.15) is 43.4 Å². The molecule has 0 bridgehead atoms. The molecule has 1 aliphatic rings. The van der Waals surface area contributed by atoms with E-state index >= 15 is 0 Å². The highest BCUT2D eigenvalue weighted by Crippen LogP contribution is 2.29. The summed E-state index contributed by atoms with van der Waals surface area (Å²) in [7, 11) is 0. The van der Waals surface area contributed by atoms with Gasteiger partial charge in [0.25, 0.3) is 6.43 Å². The molecule has 2 atom stereocenters. The van der Waals surface area contributed by atoms with Crippen molar-refractivity contribution in [2.24, 2.45) is 5.73 Å². The molecular weight excluding hydrogens is 234 g/mol. The predicted molar refractivity (Wildman–Crippen MR) is 68.6 cm³/mol. The number of benzene rings is 1. The van der Waals surface area contributed by atoms with Gasteiger partial charge in [-0.15, -0.1) is 0 Å². The largest absolute Gasteiger partial charge is 0.329 e. The molecule has 0 aromatic heterocycles. The van der Waals surface area contributed by atoms with Crippen LogP contribution >= 0.6 is 0 Å². The number of nitrogens with zero attached hydrogens (tertiary/aromatic N) is 1. The lowest BCUT2D eigenvalue weighted by atomic mass is 10.0. The fraction of sp³-hybridized carbons (Fsp3) is 0.571. The van der Waals surface area contributed by atoms with Crippen molar-refractivity contribution in [3.8, 4) is 0 Å². The molecule has 0 aliphatic carbocycles. The monoisotopic (exact) mass is 254 g/mol. The Kier molecular flexibility index (Phi) is 4.30. The number of hydrogen-bond acceptors (Lipinski definition) is 2. The highest BCUT2D eigenvalue weighted by Gasteiger charge is 2.27. The summed E-state index contributed by atoms with van der Waals surface area (Å²) in [5, 5.41) is 0. The average molecular weight is 254 g/mol. The van der Waals surface area contributed by atoms with Gasteiger partial charge in [0.15, 0.2) is 0 Å². The number of likely N-dealkylation sites (tertiary alicyclic amines) is 1. The third-order valence-corrected chi connectivity index (χ3v) is 3.80. The molecule has 18 heavy (non-hydrogen) atoms. The fourth-order valence-corrected chi connectivity index (χ4v) is 2.75. The molecule has 1 aromatic carbocycles. The molecule has 1 fully saturated rings. The standard InChI is InChI=1S/C14H20F2N2/c1-10-3-2-8-18(10)13(9-17)11-4-6-12(7-5-11)14(15)16/h4-7,10,13-14H,2-3,8-9,17H2,1H3. The van der Waals surface area contributed by atoms with E-state index in [2.05, 4.69) is 11.8 Å². The maximum atomic E-state index is 12.5. The Morgan fingerprint density at radius 1 is 1.28 bits per heavy atom. The van der Waals surface area contributed by atoms with Gasteiger partial charge in [0.05, 0.1) is 0 Å². The quantitative estimate of drug-likeness (QED) is 0.894. The molecule has 1 aliphatic heterocycles. The van der Waals surface area contributed by atoms with E-state index in [-0.39, 0.29) is 11.6 Å². The summed E-state index contributed by atoms with van der Waals surface area (Å²) in [4.78, 5) is 2.37. The van der Waals surface area contributed by atoms with Crippen LogP contribution in [0.2, 0.25) is 0 Å². The Hall–Kier alpha value is -1.00. The third-order valence-electron chi connectivity index (χ3n) is 3.80. The second-order valence-corrected chi connectivity index (χ2v) is 4.95. The van der Waals surface area contributed by atoms with Gasteiger partial charge >= 0.3 is 0 Å². The number of hydrogen-bond donors (Lipinski definition) is 1. The minimum atomic E-state index is -2.40. The number of rotatable bonds is 4. The van der Waals surface area contributed by atoms with E-state index in [1.165, 1.54) is 25.0 Å². The normalized spacial score (nSPS) is 22.6. The summed E-state index contributed by atoms with van der Waals surface area (Å²) in [6.45, 7) is 3.77. The minimum absolute atomic E-state index is 0.0731. The summed E-state index contributed by atoms with van der Waals surface area (Å²) in [6, 6.07) is 7.24. The molecule has 1 heterocycles. The molecule has 1 saturated heterocycles. The number of halogens is 2. The first kappa shape index (κ1) is 13.4. The average Bonchev–Trinajstić information content (AvgIpc) is 2.78. The van der Waals surface area contributed by atoms with E-state index in [0.717, 1.165) is 12.1 Å². The van der Waals surface area contributed by atoms with Gasteiger partial charge in [-0.1, -0.05) is 24.3 Å². The Labute approximate surface area is 107 Å². The summed E-state index contributed by atoms with van der Waals surface area (Å²) < 4.78 is 25.0. The maximum absolute atomic E-state index is 12.5. The molecule has 0 saturated carbocycles. The van der Waals surface area contributed by atoms with Gasteiger partial charge in [0.2, 0.25) is 0 Å². The van der Waals surface area contributed by atoms with E-state index in [4.69, 9.17) is 5.73 Å². The summed E-state index contributed by atoms with van der Waals surface area (Å²) in [5.41, 5.74) is 6.97. The van der Waals surface area contributed by atoms with Gasteiger partial charge in [-0.2, -0.15) is 0 Å². The van der Waals surface area contributed by atoms with Crippen molar-refractivity contribution in [3.05, 3.63) is 35.4 Å². The first-order valence-electron chi connectivity index (χ1n) is 6.47. The zero-order valence-corrected chi connectivity index (χ0v) is 10.7. The summed E-state index contributed by atoms with van der Waals surface area (Å²) in [5.74, 6) is 0. The van der Waals surface area contributed by atoms with Crippen LogP contribution in [0.15, 0.2) is 24.3 Å². The summed E-state index contributed by atoms with van der Waals surface area (Å²) >= 11 is 0. The first-order chi connectivity index (χ1) is 8.63. The van der Waals surface area contributed by atoms with E-state index in [1.54, 1.807) is 12.1 Å². The van der Waals surface area contributed by atoms with Crippen LogP contribution in [0.5, 0.6) is 0 Å². The van der Waals surface area contributed by atoms with Gasteiger partial charge in [-0.05, 0) is 31.9 Å². The van der Waals surface area contributed by atoms with Crippen LogP contribution in [-0.2, 0) is 0 Å². The third kappa shape index (κ3) is 2.70. The zero-order valence-electron chi connectivity index (χ0n) is 10.7. The van der Waals surface area contributed by atoms with Crippen molar-refractivity contribution >= 4 is 0 Å². The van der Waals surface area contributed by atoms with Crippen molar-refractivity contribution in [3.63, 3.8) is 0 Å². The topological polar surface area (TPSA) is 29.3 Å².